The van der Waals surface area contributed by atoms with Gasteiger partial charge in [-0.2, -0.15) is 0 Å². The van der Waals surface area contributed by atoms with Gasteiger partial charge in [-0.3, -0.25) is 4.90 Å². The van der Waals surface area contributed by atoms with Crippen LogP contribution in [0.25, 0.3) is 0 Å². The number of hydrogen-bond acceptors (Lipinski definition) is 2. The molecule has 0 aromatic heterocycles. The summed E-state index contributed by atoms with van der Waals surface area (Å²) in [6.45, 7) is 11.5. The molecular weight excluding hydrogens is 370 g/mol. The zero-order valence-corrected chi connectivity index (χ0v) is 20.7. The van der Waals surface area contributed by atoms with Gasteiger partial charge in [0.1, 0.15) is 0 Å². The molecule has 3 heteroatoms. The number of hydrogen-bond donors (Lipinski definition) is 0. The maximum Gasteiger partial charge on any atom is 0.189 e. The quantitative estimate of drug-likeness (QED) is 0.203. The summed E-state index contributed by atoms with van der Waals surface area (Å²) in [7, 11) is -1.55. The fourth-order valence-corrected chi connectivity index (χ4v) is 7.76. The Kier molecular flexibility index (Phi) is 12.2. The maximum absolute atomic E-state index is 6.73. The van der Waals surface area contributed by atoms with Crippen LogP contribution in [-0.4, -0.2) is 32.9 Å². The summed E-state index contributed by atoms with van der Waals surface area (Å²) in [6.07, 6.45) is 15.0. The van der Waals surface area contributed by atoms with Crippen molar-refractivity contribution in [2.24, 2.45) is 0 Å². The fourth-order valence-electron chi connectivity index (χ4n) is 4.64. The third kappa shape index (κ3) is 9.80. The first-order chi connectivity index (χ1) is 14.2. The van der Waals surface area contributed by atoms with Gasteiger partial charge in [0.15, 0.2) is 8.32 Å². The summed E-state index contributed by atoms with van der Waals surface area (Å²) < 4.78 is 6.73. The largest absolute Gasteiger partial charge is 0.416 e. The second-order valence-electron chi connectivity index (χ2n) is 9.42. The number of fused-ring (bicyclic) bond motifs is 1. The zero-order valence-electron chi connectivity index (χ0n) is 19.7. The maximum atomic E-state index is 6.73. The predicted octanol–water partition coefficient (Wildman–Crippen LogP) is 7.58. The minimum atomic E-state index is -1.55. The van der Waals surface area contributed by atoms with Crippen LogP contribution in [0, 0.1) is 0 Å². The standard InChI is InChI=1S/C26H47NOSi/c1-4-6-8-10-14-22-29(3,23-15-11-9-7-5-2)28-21-20-27-19-18-25-16-12-13-17-26(25)24-27/h12-13,16-17H,4-11,14-15,18-24H2,1-3H3. The Morgan fingerprint density at radius 1 is 0.828 bits per heavy atom. The van der Waals surface area contributed by atoms with Gasteiger partial charge >= 0.3 is 0 Å². The van der Waals surface area contributed by atoms with E-state index in [0.717, 1.165) is 19.7 Å². The van der Waals surface area contributed by atoms with Crippen LogP contribution in [-0.2, 0) is 17.4 Å². The van der Waals surface area contributed by atoms with Crippen molar-refractivity contribution in [1.29, 1.82) is 0 Å². The molecule has 0 atom stereocenters. The Labute approximate surface area is 182 Å². The van der Waals surface area contributed by atoms with Gasteiger partial charge in [-0.1, -0.05) is 102 Å². The van der Waals surface area contributed by atoms with Crippen molar-refractivity contribution in [3.05, 3.63) is 35.4 Å². The molecule has 2 rings (SSSR count). The summed E-state index contributed by atoms with van der Waals surface area (Å²) in [4.78, 5) is 2.60. The highest BCUT2D eigenvalue weighted by molar-refractivity contribution is 6.72. The van der Waals surface area contributed by atoms with Crippen LogP contribution < -0.4 is 0 Å². The van der Waals surface area contributed by atoms with Crippen molar-refractivity contribution in [3.63, 3.8) is 0 Å². The van der Waals surface area contributed by atoms with E-state index in [-0.39, 0.29) is 0 Å². The Hall–Kier alpha value is -0.643. The third-order valence-electron chi connectivity index (χ3n) is 6.69. The summed E-state index contributed by atoms with van der Waals surface area (Å²) in [5.74, 6) is 0. The van der Waals surface area contributed by atoms with Gasteiger partial charge in [0.2, 0.25) is 0 Å². The highest BCUT2D eigenvalue weighted by atomic mass is 28.4. The molecule has 1 aliphatic heterocycles. The predicted molar refractivity (Wildman–Crippen MR) is 130 cm³/mol. The average molecular weight is 418 g/mol. The second kappa shape index (κ2) is 14.4. The molecule has 1 aliphatic rings. The molecule has 0 fully saturated rings. The van der Waals surface area contributed by atoms with E-state index in [0.29, 0.717) is 0 Å². The summed E-state index contributed by atoms with van der Waals surface area (Å²) in [5.41, 5.74) is 3.06. The van der Waals surface area contributed by atoms with E-state index in [1.165, 1.54) is 94.8 Å². The molecule has 29 heavy (non-hydrogen) atoms. The first-order valence-corrected chi connectivity index (χ1v) is 15.4. The Morgan fingerprint density at radius 3 is 2.03 bits per heavy atom. The average Bonchev–Trinajstić information content (AvgIpc) is 2.73. The minimum Gasteiger partial charge on any atom is -0.416 e. The van der Waals surface area contributed by atoms with Gasteiger partial charge in [0.25, 0.3) is 0 Å². The molecule has 1 aromatic rings. The lowest BCUT2D eigenvalue weighted by molar-refractivity contribution is 0.190. The number of nitrogens with zero attached hydrogens (tertiary/aromatic N) is 1. The second-order valence-corrected chi connectivity index (χ2v) is 13.6. The smallest absolute Gasteiger partial charge is 0.189 e. The monoisotopic (exact) mass is 417 g/mol. The summed E-state index contributed by atoms with van der Waals surface area (Å²) in [6, 6.07) is 11.7. The van der Waals surface area contributed by atoms with E-state index in [9.17, 15) is 0 Å². The Bertz CT molecular complexity index is 533. The van der Waals surface area contributed by atoms with E-state index in [4.69, 9.17) is 4.43 Å². The van der Waals surface area contributed by atoms with Crippen LogP contribution in [0.5, 0.6) is 0 Å². The summed E-state index contributed by atoms with van der Waals surface area (Å²) >= 11 is 0. The minimum absolute atomic E-state index is 0.939. The third-order valence-corrected chi connectivity index (χ3v) is 10.4. The number of benzene rings is 1. The van der Waals surface area contributed by atoms with Crippen molar-refractivity contribution in [1.82, 2.24) is 4.90 Å². The zero-order chi connectivity index (χ0) is 20.8. The van der Waals surface area contributed by atoms with Crippen LogP contribution in [0.4, 0.5) is 0 Å². The van der Waals surface area contributed by atoms with Crippen LogP contribution in [0.2, 0.25) is 18.6 Å². The molecule has 166 valence electrons. The van der Waals surface area contributed by atoms with Crippen molar-refractivity contribution in [2.45, 2.75) is 110 Å². The molecule has 0 amide bonds. The van der Waals surface area contributed by atoms with E-state index < -0.39 is 8.32 Å². The lowest BCUT2D eigenvalue weighted by Crippen LogP contribution is -2.39. The van der Waals surface area contributed by atoms with E-state index in [1.54, 1.807) is 5.56 Å². The van der Waals surface area contributed by atoms with Crippen molar-refractivity contribution in [3.8, 4) is 0 Å². The SMILES string of the molecule is CCCCCCC[Si](C)(CCCCCCC)OCCN1CCc2ccccc2C1. The first-order valence-electron chi connectivity index (χ1n) is 12.6. The van der Waals surface area contributed by atoms with Gasteiger partial charge < -0.3 is 4.43 Å². The molecule has 0 bridgehead atoms. The molecule has 0 radical (unpaired) electrons. The first kappa shape index (κ1) is 24.6. The molecule has 0 saturated carbocycles. The van der Waals surface area contributed by atoms with Crippen molar-refractivity contribution in [2.75, 3.05) is 19.7 Å². The number of rotatable bonds is 16. The molecule has 2 nitrogen and oxygen atoms in total. The van der Waals surface area contributed by atoms with Crippen LogP contribution >= 0.6 is 0 Å². The van der Waals surface area contributed by atoms with Crippen LogP contribution in [0.1, 0.15) is 89.2 Å². The van der Waals surface area contributed by atoms with Gasteiger partial charge in [0, 0.05) is 26.2 Å². The molecule has 0 unspecified atom stereocenters. The van der Waals surface area contributed by atoms with E-state index in [2.05, 4.69) is 49.6 Å². The normalized spacial score (nSPS) is 14.9. The molecule has 1 aromatic carbocycles. The summed E-state index contributed by atoms with van der Waals surface area (Å²) in [5, 5.41) is 0. The molecule has 0 aliphatic carbocycles. The highest BCUT2D eigenvalue weighted by Gasteiger charge is 2.28. The molecule has 1 heterocycles. The van der Waals surface area contributed by atoms with Gasteiger partial charge in [0.05, 0.1) is 0 Å². The van der Waals surface area contributed by atoms with Crippen LogP contribution in [0.15, 0.2) is 24.3 Å². The van der Waals surface area contributed by atoms with Crippen LogP contribution in [0.3, 0.4) is 0 Å². The molecule has 0 N–H and O–H groups in total. The van der Waals surface area contributed by atoms with E-state index >= 15 is 0 Å². The highest BCUT2D eigenvalue weighted by Crippen LogP contribution is 2.25. The van der Waals surface area contributed by atoms with Gasteiger partial charge in [-0.25, -0.2) is 0 Å². The topological polar surface area (TPSA) is 12.5 Å². The number of unbranched alkanes of at least 4 members (excludes halogenated alkanes) is 8. The van der Waals surface area contributed by atoms with Gasteiger partial charge in [-0.15, -0.1) is 0 Å². The van der Waals surface area contributed by atoms with Crippen molar-refractivity contribution >= 4 is 8.32 Å². The lowest BCUT2D eigenvalue weighted by Gasteiger charge is -2.32. The van der Waals surface area contributed by atoms with Crippen molar-refractivity contribution < 1.29 is 4.43 Å². The Balaban J connectivity index is 1.74. The molecule has 0 spiro atoms. The molecule has 0 saturated heterocycles. The fraction of sp³-hybridized carbons (Fsp3) is 0.769. The lowest BCUT2D eigenvalue weighted by atomic mass is 10.0. The Morgan fingerprint density at radius 2 is 1.41 bits per heavy atom. The van der Waals surface area contributed by atoms with Gasteiger partial charge in [-0.05, 0) is 36.2 Å². The van der Waals surface area contributed by atoms with E-state index in [1.807, 2.05) is 0 Å². The molecular formula is C26H47NOSi.